The third-order valence-corrected chi connectivity index (χ3v) is 21.7. The zero-order chi connectivity index (χ0) is 66.8. The van der Waals surface area contributed by atoms with E-state index in [4.69, 9.17) is 0 Å². The highest BCUT2D eigenvalue weighted by Crippen LogP contribution is 2.37. The van der Waals surface area contributed by atoms with E-state index in [1.54, 1.807) is 0 Å². The van der Waals surface area contributed by atoms with Crippen LogP contribution in [-0.2, 0) is 115 Å². The molecule has 0 heterocycles. The van der Waals surface area contributed by atoms with E-state index in [0.29, 0.717) is 92.4 Å². The lowest BCUT2D eigenvalue weighted by Gasteiger charge is -2.24. The fourth-order valence-electron chi connectivity index (χ4n) is 14.2. The number of unbranched alkanes of at least 4 members (excludes halogenated alkanes) is 32. The zero-order valence-corrected chi connectivity index (χ0v) is 60.5. The van der Waals surface area contributed by atoms with Gasteiger partial charge in [0, 0.05) is 0 Å². The Morgan fingerprint density at radius 3 is 0.489 bits per heavy atom. The van der Waals surface area contributed by atoms with Crippen LogP contribution in [0.5, 0.6) is 0 Å². The number of fused-ring (bicyclic) bond motifs is 8. The van der Waals surface area contributed by atoms with Gasteiger partial charge in [0.05, 0.1) is 0 Å². The molecule has 0 aromatic heterocycles. The minimum Gasteiger partial charge on any atom is -0.285 e. The fraction of sp³-hybridized carbons (Fsp3) is 0.684. The van der Waals surface area contributed by atoms with Gasteiger partial charge in [-0.05, 0) is 166 Å². The third-order valence-electron chi connectivity index (χ3n) is 19.1. The highest BCUT2D eigenvalue weighted by molar-refractivity contribution is 7.85. The second-order valence-electron chi connectivity index (χ2n) is 27.5. The van der Waals surface area contributed by atoms with Crippen LogP contribution in [0.3, 0.4) is 0 Å². The summed E-state index contributed by atoms with van der Waals surface area (Å²) in [6.45, 7) is 8.85. The van der Waals surface area contributed by atoms with Gasteiger partial charge in [-0.1, -0.05) is 282 Å². The fourth-order valence-corrected chi connectivity index (χ4v) is 17.1. The number of hydrogen-bond donors (Lipinski definition) is 4. The maximum absolute atomic E-state index is 13.5. The molecule has 5 rings (SSSR count). The molecule has 8 bridgehead atoms. The summed E-state index contributed by atoms with van der Waals surface area (Å²) in [5.74, 6) is -3.12. The Morgan fingerprint density at radius 1 is 0.228 bits per heavy atom. The molecule has 4 N–H and O–H groups in total. The van der Waals surface area contributed by atoms with Crippen molar-refractivity contribution in [1.29, 1.82) is 0 Å². The molecule has 0 atom stereocenters. The molecule has 0 radical (unpaired) electrons. The summed E-state index contributed by atoms with van der Waals surface area (Å²) in [5.41, 5.74) is 9.22. The average Bonchev–Trinajstić information content (AvgIpc) is 0.778. The number of benzene rings is 4. The zero-order valence-electron chi connectivity index (χ0n) is 57.2. The highest BCUT2D eigenvalue weighted by Gasteiger charge is 2.27. The Labute approximate surface area is 559 Å². The quantitative estimate of drug-likeness (QED) is 0.0211. The van der Waals surface area contributed by atoms with Gasteiger partial charge in [-0.15, -0.1) is 0 Å². The largest absolute Gasteiger partial charge is 0.285 e. The van der Waals surface area contributed by atoms with Crippen LogP contribution in [0.2, 0.25) is 0 Å². The lowest BCUT2D eigenvalue weighted by molar-refractivity contribution is 0.479. The van der Waals surface area contributed by atoms with Crippen LogP contribution in [0, 0.1) is 0 Å². The number of hydrogen-bond acceptors (Lipinski definition) is 8. The Bertz CT molecular complexity index is 2770. The van der Waals surface area contributed by atoms with Crippen molar-refractivity contribution in [2.45, 2.75) is 333 Å². The molecule has 1 aliphatic rings. The molecule has 0 amide bonds. The van der Waals surface area contributed by atoms with E-state index in [2.05, 4.69) is 27.7 Å². The first-order chi connectivity index (χ1) is 44.0. The predicted octanol–water partition coefficient (Wildman–Crippen LogP) is 20.2. The molecule has 0 saturated heterocycles. The monoisotopic (exact) mass is 1350 g/mol. The normalized spacial score (nSPS) is 13.1. The van der Waals surface area contributed by atoms with Gasteiger partial charge in [-0.2, -0.15) is 33.7 Å². The Morgan fingerprint density at radius 2 is 0.359 bits per heavy atom. The van der Waals surface area contributed by atoms with Gasteiger partial charge >= 0.3 is 0 Å². The van der Waals surface area contributed by atoms with E-state index in [0.717, 1.165) is 125 Å². The van der Waals surface area contributed by atoms with Gasteiger partial charge < -0.3 is 0 Å². The van der Waals surface area contributed by atoms with Crippen molar-refractivity contribution < 1.29 is 51.9 Å². The minimum absolute atomic E-state index is 0.0104. The van der Waals surface area contributed by atoms with Crippen molar-refractivity contribution in [3.63, 3.8) is 0 Å². The maximum atomic E-state index is 13.5. The standard InChI is InChI=1S/C76H120O12S4/c1-5-9-13-17-21-25-29-33-37-41-61-45-65-53-67-47-62(42-38-34-30-26-22-18-14-10-6-2)49-69(74(67)58-90(80,81)82)55-71-51-64(44-40-36-32-28-24-20-16-12-8-4)52-72(76(71)60-92(86,87)88)56-70-50-63(43-39-35-31-27-23-19-15-11-7-3)48-68(75(70)59-91(83,84)85)54-66(46-61)73(65)57-89(77,78)79/h45-52H,5-44,53-60H2,1-4H3,(H,77,78,79)(H,80,81,82)(H,83,84,85)(H,86,87,88). The van der Waals surface area contributed by atoms with E-state index >= 15 is 0 Å². The second-order valence-corrected chi connectivity index (χ2v) is 33.3. The van der Waals surface area contributed by atoms with Gasteiger partial charge in [-0.25, -0.2) is 0 Å². The van der Waals surface area contributed by atoms with Gasteiger partial charge in [0.2, 0.25) is 0 Å². The van der Waals surface area contributed by atoms with Gasteiger partial charge in [0.15, 0.2) is 0 Å². The molecular weight excluding hydrogens is 1230 g/mol. The summed E-state index contributed by atoms with van der Waals surface area (Å²) in [6.07, 6.45) is 42.6. The molecule has 0 fully saturated rings. The van der Waals surface area contributed by atoms with Crippen LogP contribution >= 0.6 is 0 Å². The molecule has 0 spiro atoms. The molecule has 0 saturated carbocycles. The summed E-state index contributed by atoms with van der Waals surface area (Å²) in [6, 6.07) is 15.8. The van der Waals surface area contributed by atoms with Crippen LogP contribution in [-0.4, -0.2) is 51.9 Å². The SMILES string of the molecule is CCCCCCCCCCCc1cc2c(CS(=O)(=O)O)c(c1)Cc1cc(CCCCCCCCCCC)cc(c1CS(=O)(=O)O)Cc1cc(CCCCCCCCCCC)cc(c1CS(=O)(=O)O)Cc1cc(CCCCCCCCCCC)cc(c1CS(=O)(=O)O)C2. The minimum atomic E-state index is -4.74. The van der Waals surface area contributed by atoms with Gasteiger partial charge in [0.25, 0.3) is 40.5 Å². The lowest BCUT2D eigenvalue weighted by atomic mass is 9.82. The van der Waals surface area contributed by atoms with E-state index in [-0.39, 0.29) is 25.7 Å². The highest BCUT2D eigenvalue weighted by atomic mass is 32.2. The molecule has 1 aliphatic carbocycles. The molecule has 0 unspecified atom stereocenters. The van der Waals surface area contributed by atoms with E-state index in [1.165, 1.54) is 128 Å². The predicted molar refractivity (Wildman–Crippen MR) is 382 cm³/mol. The van der Waals surface area contributed by atoms with E-state index in [9.17, 15) is 51.9 Å². The second kappa shape index (κ2) is 42.3. The Balaban J connectivity index is 1.82. The lowest BCUT2D eigenvalue weighted by Crippen LogP contribution is -2.16. The molecule has 4 aromatic carbocycles. The Kier molecular flexibility index (Phi) is 36.4. The molecule has 520 valence electrons. The van der Waals surface area contributed by atoms with Crippen LogP contribution < -0.4 is 0 Å². The van der Waals surface area contributed by atoms with Crippen molar-refractivity contribution in [2.75, 3.05) is 0 Å². The molecule has 92 heavy (non-hydrogen) atoms. The first-order valence-corrected chi connectivity index (χ1v) is 42.8. The van der Waals surface area contributed by atoms with Crippen molar-refractivity contribution in [1.82, 2.24) is 0 Å². The molecular formula is C76H120O12S4. The Hall–Kier alpha value is -3.48. The molecule has 4 aromatic rings. The molecule has 0 aliphatic heterocycles. The van der Waals surface area contributed by atoms with Gasteiger partial charge in [-0.3, -0.25) is 18.2 Å². The first kappa shape index (κ1) is 79.2. The van der Waals surface area contributed by atoms with Crippen molar-refractivity contribution in [2.24, 2.45) is 0 Å². The van der Waals surface area contributed by atoms with Crippen molar-refractivity contribution in [3.05, 3.63) is 138 Å². The summed E-state index contributed by atoms with van der Waals surface area (Å²) in [7, 11) is -19.0. The van der Waals surface area contributed by atoms with Crippen LogP contribution in [0.1, 0.15) is 348 Å². The summed E-state index contributed by atoms with van der Waals surface area (Å²) < 4.78 is 152. The first-order valence-electron chi connectivity index (χ1n) is 36.3. The van der Waals surface area contributed by atoms with Crippen molar-refractivity contribution in [3.8, 4) is 0 Å². The summed E-state index contributed by atoms with van der Waals surface area (Å²) >= 11 is 0. The van der Waals surface area contributed by atoms with E-state index in [1.807, 2.05) is 48.5 Å². The van der Waals surface area contributed by atoms with Crippen molar-refractivity contribution >= 4 is 40.5 Å². The van der Waals surface area contributed by atoms with Crippen LogP contribution in [0.15, 0.2) is 48.5 Å². The van der Waals surface area contributed by atoms with Crippen LogP contribution in [0.4, 0.5) is 0 Å². The maximum Gasteiger partial charge on any atom is 0.269 e. The third kappa shape index (κ3) is 32.0. The summed E-state index contributed by atoms with van der Waals surface area (Å²) in [4.78, 5) is 0. The summed E-state index contributed by atoms with van der Waals surface area (Å²) in [5, 5.41) is 0. The number of aryl methyl sites for hydroxylation is 4. The van der Waals surface area contributed by atoms with Crippen LogP contribution in [0.25, 0.3) is 0 Å². The molecule has 16 heteroatoms. The topological polar surface area (TPSA) is 217 Å². The average molecular weight is 1350 g/mol. The van der Waals surface area contributed by atoms with Gasteiger partial charge in [0.1, 0.15) is 23.0 Å². The number of rotatable bonds is 48. The van der Waals surface area contributed by atoms with E-state index < -0.39 is 63.5 Å². The smallest absolute Gasteiger partial charge is 0.269 e. The molecule has 12 nitrogen and oxygen atoms in total.